The van der Waals surface area contributed by atoms with Gasteiger partial charge in [-0.25, -0.2) is 10.3 Å². The molecule has 0 saturated heterocycles. The Balaban J connectivity index is 1.62. The van der Waals surface area contributed by atoms with Gasteiger partial charge >= 0.3 is 12.2 Å². The van der Waals surface area contributed by atoms with Crippen LogP contribution in [0, 0.1) is 12.5 Å². The number of carbonyl (C=O) groups excluding carboxylic acids is 2. The molecule has 0 radical (unpaired) electrons. The van der Waals surface area contributed by atoms with Crippen molar-refractivity contribution >= 4 is 34.8 Å². The topological polar surface area (TPSA) is 124 Å². The molecule has 3 amide bonds. The number of anilines is 2. The van der Waals surface area contributed by atoms with Crippen molar-refractivity contribution < 1.29 is 22.8 Å². The predicted octanol–water partition coefficient (Wildman–Crippen LogP) is 7.70. The Labute approximate surface area is 235 Å². The number of amides is 3. The van der Waals surface area contributed by atoms with Crippen molar-refractivity contribution in [2.75, 3.05) is 10.2 Å². The van der Waals surface area contributed by atoms with E-state index in [1.165, 1.54) is 41.7 Å². The van der Waals surface area contributed by atoms with Crippen LogP contribution in [-0.4, -0.2) is 17.9 Å². The van der Waals surface area contributed by atoms with Crippen LogP contribution in [0.5, 0.6) is 0 Å². The lowest BCUT2D eigenvalue weighted by atomic mass is 9.93. The molecule has 0 spiro atoms. The fourth-order valence-electron chi connectivity index (χ4n) is 4.56. The molecule has 3 aromatic carbocycles. The van der Waals surface area contributed by atoms with Crippen LogP contribution in [0.4, 0.5) is 29.3 Å². The summed E-state index contributed by atoms with van der Waals surface area (Å²) in [5, 5.41) is 5.50. The van der Waals surface area contributed by atoms with Crippen LogP contribution in [0.15, 0.2) is 82.9 Å². The quantitative estimate of drug-likeness (QED) is 0.162. The largest absolute Gasteiger partial charge is 0.416 e. The maximum absolute atomic E-state index is 13.5. The number of rotatable bonds is 6. The number of hydrogen-bond acceptors (Lipinski definition) is 3. The Morgan fingerprint density at radius 3 is 2.34 bits per heavy atom. The summed E-state index contributed by atoms with van der Waals surface area (Å²) in [6.07, 6.45) is 1.95. The van der Waals surface area contributed by atoms with Crippen molar-refractivity contribution in [1.29, 1.82) is 5.53 Å². The molecule has 3 aromatic rings. The predicted molar refractivity (Wildman–Crippen MR) is 152 cm³/mol. The van der Waals surface area contributed by atoms with Gasteiger partial charge in [-0.2, -0.15) is 18.2 Å². The zero-order valence-electron chi connectivity index (χ0n) is 22.3. The third-order valence-corrected chi connectivity index (χ3v) is 6.75. The van der Waals surface area contributed by atoms with Crippen LogP contribution >= 0.6 is 0 Å². The molecule has 0 atom stereocenters. The first-order valence-corrected chi connectivity index (χ1v) is 13.0. The minimum atomic E-state index is -4.56. The number of nitrogens with zero attached hydrogens (tertiary/aromatic N) is 3. The van der Waals surface area contributed by atoms with E-state index in [2.05, 4.69) is 21.5 Å². The van der Waals surface area contributed by atoms with Crippen molar-refractivity contribution in [3.05, 3.63) is 101 Å². The maximum Gasteiger partial charge on any atom is 0.416 e. The summed E-state index contributed by atoms with van der Waals surface area (Å²) in [5.74, 6) is -1.15. The first-order valence-electron chi connectivity index (χ1n) is 13.0. The molecule has 212 valence electrons. The van der Waals surface area contributed by atoms with Gasteiger partial charge < -0.3 is 11.1 Å². The first-order chi connectivity index (χ1) is 19.5. The van der Waals surface area contributed by atoms with Gasteiger partial charge in [0.1, 0.15) is 0 Å². The number of guanidine groups is 1. The summed E-state index contributed by atoms with van der Waals surface area (Å²) in [6.45, 7) is 1.42. The van der Waals surface area contributed by atoms with E-state index in [-0.39, 0.29) is 23.4 Å². The molecular weight excluding hydrogens is 533 g/mol. The second kappa shape index (κ2) is 12.6. The second-order valence-corrected chi connectivity index (χ2v) is 9.65. The highest BCUT2D eigenvalue weighted by Gasteiger charge is 2.32. The van der Waals surface area contributed by atoms with Crippen LogP contribution in [0.3, 0.4) is 0 Å². The lowest BCUT2D eigenvalue weighted by Gasteiger charge is -2.24. The van der Waals surface area contributed by atoms with E-state index in [1.54, 1.807) is 24.3 Å². The Hall–Kier alpha value is -4.80. The molecule has 0 fully saturated rings. The first kappa shape index (κ1) is 29.2. The van der Waals surface area contributed by atoms with Gasteiger partial charge in [0.25, 0.3) is 5.91 Å². The van der Waals surface area contributed by atoms with Gasteiger partial charge in [-0.3, -0.25) is 9.69 Å². The maximum atomic E-state index is 13.5. The number of benzene rings is 3. The van der Waals surface area contributed by atoms with Crippen molar-refractivity contribution in [3.63, 3.8) is 0 Å². The number of hydrogen-bond donors (Lipinski definition) is 3. The fraction of sp³-hybridized carbons (Fsp3) is 0.233. The van der Waals surface area contributed by atoms with E-state index >= 15 is 0 Å². The highest BCUT2D eigenvalue weighted by atomic mass is 19.4. The number of nitrogens with two attached hydrogens (primary N) is 1. The highest BCUT2D eigenvalue weighted by molar-refractivity contribution is 6.03. The lowest BCUT2D eigenvalue weighted by molar-refractivity contribution is -0.138. The molecule has 11 heteroatoms. The minimum Gasteiger partial charge on any atom is -0.366 e. The Morgan fingerprint density at radius 1 is 1.02 bits per heavy atom. The third-order valence-electron chi connectivity index (χ3n) is 6.75. The van der Waals surface area contributed by atoms with Crippen molar-refractivity contribution in [1.82, 2.24) is 0 Å². The number of aliphatic imine (C=N–C) groups is 1. The Morgan fingerprint density at radius 2 is 1.73 bits per heavy atom. The molecule has 0 aliphatic heterocycles. The smallest absolute Gasteiger partial charge is 0.366 e. The minimum absolute atomic E-state index is 0.0121. The highest BCUT2D eigenvalue weighted by Crippen LogP contribution is 2.34. The van der Waals surface area contributed by atoms with Crippen LogP contribution < -0.4 is 16.0 Å². The monoisotopic (exact) mass is 562 g/mol. The SMILES string of the molecule is Cc1ccc(NC(=O)N(Cc2ccc(C(=O)N=C(N)N=N)cc2)c2ccc(C3=CCCCC3)cc2)cc1C(F)(F)F. The number of carbonyl (C=O) groups is 2. The summed E-state index contributed by atoms with van der Waals surface area (Å²) in [5.41, 5.74) is 15.1. The van der Waals surface area contributed by atoms with E-state index in [4.69, 9.17) is 11.3 Å². The zero-order chi connectivity index (χ0) is 29.6. The second-order valence-electron chi connectivity index (χ2n) is 9.65. The average Bonchev–Trinajstić information content (AvgIpc) is 2.97. The average molecular weight is 563 g/mol. The fourth-order valence-corrected chi connectivity index (χ4v) is 4.56. The van der Waals surface area contributed by atoms with E-state index in [1.807, 2.05) is 12.1 Å². The zero-order valence-corrected chi connectivity index (χ0v) is 22.3. The molecule has 4 N–H and O–H groups in total. The summed E-state index contributed by atoms with van der Waals surface area (Å²) in [7, 11) is 0. The van der Waals surface area contributed by atoms with Crippen molar-refractivity contribution in [2.45, 2.75) is 45.3 Å². The van der Waals surface area contributed by atoms with E-state index in [0.29, 0.717) is 11.3 Å². The Bertz CT molecular complexity index is 1500. The van der Waals surface area contributed by atoms with Gasteiger partial charge in [0.2, 0.25) is 5.96 Å². The molecule has 1 aliphatic rings. The van der Waals surface area contributed by atoms with Crippen molar-refractivity contribution in [3.8, 4) is 0 Å². The lowest BCUT2D eigenvalue weighted by Crippen LogP contribution is -2.34. The van der Waals surface area contributed by atoms with Gasteiger partial charge in [0.15, 0.2) is 0 Å². The van der Waals surface area contributed by atoms with E-state index in [0.717, 1.165) is 37.3 Å². The molecule has 4 rings (SSSR count). The molecule has 0 bridgehead atoms. The molecule has 41 heavy (non-hydrogen) atoms. The summed E-state index contributed by atoms with van der Waals surface area (Å²) in [4.78, 5) is 30.6. The van der Waals surface area contributed by atoms with Crippen molar-refractivity contribution in [2.24, 2.45) is 15.8 Å². The normalized spacial score (nSPS) is 13.8. The number of halogens is 3. The van der Waals surface area contributed by atoms with Crippen LogP contribution in [0.1, 0.15) is 58.3 Å². The van der Waals surface area contributed by atoms with Gasteiger partial charge in [-0.05, 0) is 91.3 Å². The standard InChI is InChI=1S/C30H29F3N6O2/c1-19-7-14-24(17-26(19)30(31,32)33)36-29(41)39(25-15-12-22(13-16-25)21-5-3-2-4-6-21)18-20-8-10-23(11-9-20)27(40)37-28(34)38-35/h5,7-17,35H,2-4,6,18H2,1H3,(H,36,41)(H2,34,37,40). The number of aryl methyl sites for hydroxylation is 1. The van der Waals surface area contributed by atoms with Gasteiger partial charge in [-0.1, -0.05) is 36.4 Å². The summed E-state index contributed by atoms with van der Waals surface area (Å²) in [6, 6.07) is 16.8. The number of urea groups is 1. The van der Waals surface area contributed by atoms with E-state index < -0.39 is 29.6 Å². The number of nitrogens with one attached hydrogen (secondary N) is 2. The molecule has 0 saturated carbocycles. The van der Waals surface area contributed by atoms with Gasteiger partial charge in [0, 0.05) is 16.9 Å². The van der Waals surface area contributed by atoms with Gasteiger partial charge in [-0.15, -0.1) is 5.11 Å². The number of allylic oxidation sites excluding steroid dienone is 2. The molecule has 1 aliphatic carbocycles. The summed E-state index contributed by atoms with van der Waals surface area (Å²) >= 11 is 0. The van der Waals surface area contributed by atoms with E-state index in [9.17, 15) is 22.8 Å². The third kappa shape index (κ3) is 7.44. The Kier molecular flexibility index (Phi) is 8.96. The molecule has 0 heterocycles. The molecule has 8 nitrogen and oxygen atoms in total. The van der Waals surface area contributed by atoms with Crippen LogP contribution in [-0.2, 0) is 12.7 Å². The molecular formula is C30H29F3N6O2. The number of alkyl halides is 3. The van der Waals surface area contributed by atoms with Gasteiger partial charge in [0.05, 0.1) is 12.1 Å². The summed E-state index contributed by atoms with van der Waals surface area (Å²) < 4.78 is 40.4. The van der Waals surface area contributed by atoms with Crippen LogP contribution in [0.25, 0.3) is 5.57 Å². The van der Waals surface area contributed by atoms with Crippen LogP contribution in [0.2, 0.25) is 0 Å². The molecule has 0 unspecified atom stereocenters. The molecule has 0 aromatic heterocycles.